The van der Waals surface area contributed by atoms with Crippen LogP contribution < -0.4 is 27.0 Å². The van der Waals surface area contributed by atoms with Gasteiger partial charge in [0.2, 0.25) is 17.6 Å². The highest BCUT2D eigenvalue weighted by Gasteiger charge is 2.48. The van der Waals surface area contributed by atoms with E-state index in [-0.39, 0.29) is 36.2 Å². The summed E-state index contributed by atoms with van der Waals surface area (Å²) >= 11 is 0. The molecule has 4 rings (SSSR count). The van der Waals surface area contributed by atoms with Gasteiger partial charge in [-0.3, -0.25) is 19.2 Å². The van der Waals surface area contributed by atoms with Gasteiger partial charge in [0.25, 0.3) is 5.91 Å². The van der Waals surface area contributed by atoms with Crippen LogP contribution in [0.1, 0.15) is 84.8 Å². The van der Waals surface area contributed by atoms with Crippen LogP contribution >= 0.6 is 0 Å². The number of ketones is 1. The largest absolute Gasteiger partial charge is 0.447 e. The molecule has 1 saturated heterocycles. The molecular weight excluding hydrogens is 640 g/mol. The minimum atomic E-state index is -1.10. The number of urea groups is 1. The van der Waals surface area contributed by atoms with Crippen molar-refractivity contribution in [1.29, 1.82) is 0 Å². The Bertz CT molecular complexity index is 1400. The number of fused-ring (bicyclic) bond motifs is 1. The first-order valence-electron chi connectivity index (χ1n) is 18.1. The third kappa shape index (κ3) is 9.54. The summed E-state index contributed by atoms with van der Waals surface area (Å²) in [5, 5.41) is 11.3. The van der Waals surface area contributed by atoms with E-state index in [9.17, 15) is 28.8 Å². The Labute approximate surface area is 295 Å². The first-order valence-corrected chi connectivity index (χ1v) is 18.1. The van der Waals surface area contributed by atoms with Crippen LogP contribution in [0.25, 0.3) is 0 Å². The molecule has 13 heteroatoms. The second-order valence-corrected chi connectivity index (χ2v) is 15.6. The average molecular weight is 697 g/mol. The standard InChI is InChI=1S/C37H56N6O7/c1-7-39-36(49)50-20-28(37(4,5)6)41-35(48)42-29(25-18-23-13-8-9-14-24(23)19-25)34(47)43-16-15-26(21(2)3)30(43)33(46)40-27(31(44)32(38)45)17-22-11-10-12-22/h8-9,13-14,21-22,25-30H,7,10-12,15-20H2,1-6H3,(H2,38,45)(H,39,49)(H,40,46)(H2,41,42,48)/t26-,27?,28?,29+,30?/m1/s1. The van der Waals surface area contributed by atoms with Crippen molar-refractivity contribution in [3.63, 3.8) is 0 Å². The molecule has 0 spiro atoms. The molecule has 5 atom stereocenters. The van der Waals surface area contributed by atoms with Crippen LogP contribution in [0.2, 0.25) is 0 Å². The van der Waals surface area contributed by atoms with Gasteiger partial charge >= 0.3 is 12.1 Å². The summed E-state index contributed by atoms with van der Waals surface area (Å²) in [6.07, 6.45) is 4.26. The summed E-state index contributed by atoms with van der Waals surface area (Å²) in [6, 6.07) is 3.82. The molecule has 1 aliphatic heterocycles. The van der Waals surface area contributed by atoms with Crippen LogP contribution in [-0.4, -0.2) is 84.4 Å². The van der Waals surface area contributed by atoms with Crippen molar-refractivity contribution < 1.29 is 33.5 Å². The number of hydrogen-bond donors (Lipinski definition) is 5. The quantitative estimate of drug-likeness (QED) is 0.185. The van der Waals surface area contributed by atoms with Crippen LogP contribution in [0.5, 0.6) is 0 Å². The van der Waals surface area contributed by atoms with Crippen molar-refractivity contribution in [2.45, 2.75) is 111 Å². The molecule has 276 valence electrons. The van der Waals surface area contributed by atoms with Gasteiger partial charge < -0.3 is 36.6 Å². The number of primary amides is 1. The summed E-state index contributed by atoms with van der Waals surface area (Å²) in [6.45, 7) is 12.1. The highest BCUT2D eigenvalue weighted by Crippen LogP contribution is 2.35. The summed E-state index contributed by atoms with van der Waals surface area (Å²) in [5.41, 5.74) is 7.08. The fraction of sp³-hybridized carbons (Fsp3) is 0.676. The van der Waals surface area contributed by atoms with Gasteiger partial charge in [-0.15, -0.1) is 0 Å². The predicted molar refractivity (Wildman–Crippen MR) is 188 cm³/mol. The Kier molecular flexibility index (Phi) is 12.9. The van der Waals surface area contributed by atoms with Crippen LogP contribution in [0.4, 0.5) is 9.59 Å². The van der Waals surface area contributed by atoms with Crippen molar-refractivity contribution >= 4 is 35.6 Å². The zero-order valence-electron chi connectivity index (χ0n) is 30.4. The number of nitrogens with one attached hydrogen (secondary N) is 4. The second kappa shape index (κ2) is 16.7. The Morgan fingerprint density at radius 2 is 1.60 bits per heavy atom. The van der Waals surface area contributed by atoms with E-state index in [2.05, 4.69) is 21.3 Å². The van der Waals surface area contributed by atoms with Gasteiger partial charge in [-0.25, -0.2) is 9.59 Å². The summed E-state index contributed by atoms with van der Waals surface area (Å²) in [5.74, 6) is -3.07. The monoisotopic (exact) mass is 696 g/mol. The topological polar surface area (TPSA) is 189 Å². The van der Waals surface area contributed by atoms with Gasteiger partial charge in [-0.1, -0.05) is 78.1 Å². The number of ether oxygens (including phenoxy) is 1. The van der Waals surface area contributed by atoms with Crippen molar-refractivity contribution in [3.05, 3.63) is 35.4 Å². The van der Waals surface area contributed by atoms with Crippen LogP contribution in [-0.2, 0) is 36.8 Å². The molecule has 13 nitrogen and oxygen atoms in total. The molecule has 0 bridgehead atoms. The van der Waals surface area contributed by atoms with E-state index in [1.54, 1.807) is 11.8 Å². The van der Waals surface area contributed by atoms with Crippen LogP contribution in [0.15, 0.2) is 24.3 Å². The van der Waals surface area contributed by atoms with Gasteiger partial charge in [0, 0.05) is 13.1 Å². The lowest BCUT2D eigenvalue weighted by molar-refractivity contribution is -0.144. The molecule has 1 saturated carbocycles. The van der Waals surface area contributed by atoms with Gasteiger partial charge in [-0.2, -0.15) is 0 Å². The molecule has 50 heavy (non-hydrogen) atoms. The smallest absolute Gasteiger partial charge is 0.407 e. The molecule has 1 aromatic carbocycles. The summed E-state index contributed by atoms with van der Waals surface area (Å²) in [7, 11) is 0. The molecular formula is C37H56N6O7. The molecule has 0 aromatic heterocycles. The van der Waals surface area contributed by atoms with Crippen molar-refractivity contribution in [2.24, 2.45) is 34.8 Å². The number of Topliss-reactive ketones (excluding diaryl/α,β-unsaturated/α-hetero) is 1. The average Bonchev–Trinajstić information content (AvgIpc) is 3.67. The number of amides is 6. The number of carbonyl (C=O) groups is 6. The van der Waals surface area contributed by atoms with Gasteiger partial charge in [-0.05, 0) is 72.8 Å². The lowest BCUT2D eigenvalue weighted by atomic mass is 9.80. The molecule has 1 aromatic rings. The SMILES string of the molecule is CCNC(=O)OCC(NC(=O)N[C@H](C(=O)N1CC[C@H](C(C)C)C1C(=O)NC(CC1CCC1)C(=O)C(N)=O)C1Cc2ccccc2C1)C(C)(C)C. The van der Waals surface area contributed by atoms with Gasteiger partial charge in [0.05, 0.1) is 12.1 Å². The Morgan fingerprint density at radius 1 is 0.960 bits per heavy atom. The fourth-order valence-electron chi connectivity index (χ4n) is 7.41. The molecule has 3 unspecified atom stereocenters. The minimum absolute atomic E-state index is 0.0309. The van der Waals surface area contributed by atoms with E-state index in [0.29, 0.717) is 38.8 Å². The zero-order chi connectivity index (χ0) is 36.7. The first-order chi connectivity index (χ1) is 23.6. The van der Waals surface area contributed by atoms with Crippen LogP contribution in [0.3, 0.4) is 0 Å². The number of rotatable bonds is 14. The molecule has 2 aliphatic carbocycles. The molecule has 6 N–H and O–H groups in total. The number of alkyl carbamates (subject to hydrolysis) is 1. The zero-order valence-corrected chi connectivity index (χ0v) is 30.4. The third-order valence-electron chi connectivity index (χ3n) is 10.7. The minimum Gasteiger partial charge on any atom is -0.447 e. The second-order valence-electron chi connectivity index (χ2n) is 15.6. The van der Waals surface area contributed by atoms with Crippen molar-refractivity contribution in [2.75, 3.05) is 19.7 Å². The van der Waals surface area contributed by atoms with E-state index >= 15 is 0 Å². The van der Waals surface area contributed by atoms with Crippen LogP contribution in [0, 0.1) is 29.1 Å². The maximum atomic E-state index is 14.7. The lowest BCUT2D eigenvalue weighted by Gasteiger charge is -2.36. The molecule has 3 aliphatic rings. The van der Waals surface area contributed by atoms with Gasteiger partial charge in [0.15, 0.2) is 0 Å². The molecule has 1 heterocycles. The number of benzene rings is 1. The highest BCUT2D eigenvalue weighted by atomic mass is 16.5. The molecule has 2 fully saturated rings. The Hall–Kier alpha value is -4.16. The van der Waals surface area contributed by atoms with E-state index in [4.69, 9.17) is 10.5 Å². The lowest BCUT2D eigenvalue weighted by Crippen LogP contribution is -2.61. The first kappa shape index (κ1) is 38.6. The summed E-state index contributed by atoms with van der Waals surface area (Å²) < 4.78 is 5.36. The number of nitrogens with zero attached hydrogens (tertiary/aromatic N) is 1. The predicted octanol–water partition coefficient (Wildman–Crippen LogP) is 2.83. The number of likely N-dealkylation sites (tertiary alicyclic amines) is 1. The maximum Gasteiger partial charge on any atom is 0.407 e. The number of nitrogens with two attached hydrogens (primary N) is 1. The number of hydrogen-bond acceptors (Lipinski definition) is 7. The molecule has 6 amide bonds. The molecule has 0 radical (unpaired) electrons. The third-order valence-corrected chi connectivity index (χ3v) is 10.7. The highest BCUT2D eigenvalue weighted by molar-refractivity contribution is 6.37. The van der Waals surface area contributed by atoms with E-state index < -0.39 is 59.3 Å². The van der Waals surface area contributed by atoms with E-state index in [0.717, 1.165) is 30.4 Å². The maximum absolute atomic E-state index is 14.7. The number of carbonyl (C=O) groups excluding carboxylic acids is 6. The van der Waals surface area contributed by atoms with E-state index in [1.807, 2.05) is 58.9 Å². The fourth-order valence-corrected chi connectivity index (χ4v) is 7.41. The summed E-state index contributed by atoms with van der Waals surface area (Å²) in [4.78, 5) is 80.9. The van der Waals surface area contributed by atoms with E-state index in [1.165, 1.54) is 0 Å². The Morgan fingerprint density at radius 3 is 2.12 bits per heavy atom. The van der Waals surface area contributed by atoms with Crippen molar-refractivity contribution in [3.8, 4) is 0 Å². The Balaban J connectivity index is 1.59. The van der Waals surface area contributed by atoms with Gasteiger partial charge in [0.1, 0.15) is 18.7 Å². The van der Waals surface area contributed by atoms with Crippen molar-refractivity contribution in [1.82, 2.24) is 26.2 Å². The normalized spacial score (nSPS) is 21.0.